The Labute approximate surface area is 111 Å². The second kappa shape index (κ2) is 5.32. The Bertz CT molecular complexity index is 622. The maximum Gasteiger partial charge on any atom is 0.450 e. The third kappa shape index (κ3) is 3.14. The minimum absolute atomic E-state index is 0.0916. The van der Waals surface area contributed by atoms with Crippen LogP contribution >= 0.6 is 0 Å². The van der Waals surface area contributed by atoms with Crippen LogP contribution in [0, 0.1) is 0 Å². The molecule has 106 valence electrons. The van der Waals surface area contributed by atoms with E-state index in [1.807, 2.05) is 0 Å². The lowest BCUT2D eigenvalue weighted by Gasteiger charge is -2.01. The normalized spacial score (nSPS) is 11.4. The van der Waals surface area contributed by atoms with Gasteiger partial charge in [0.15, 0.2) is 0 Å². The van der Waals surface area contributed by atoms with Crippen LogP contribution in [0.2, 0.25) is 0 Å². The number of Topliss-reactive ketones (excluding diaryl/α,β-unsaturated/α-hetero) is 1. The van der Waals surface area contributed by atoms with E-state index in [2.05, 4.69) is 14.7 Å². The average Bonchev–Trinajstić information content (AvgIpc) is 2.86. The highest BCUT2D eigenvalue weighted by Gasteiger charge is 2.39. The Morgan fingerprint density at radius 3 is 2.80 bits per heavy atom. The Kier molecular flexibility index (Phi) is 3.73. The lowest BCUT2D eigenvalue weighted by molar-refractivity contribution is -0.170. The first-order valence-corrected chi connectivity index (χ1v) is 5.47. The van der Waals surface area contributed by atoms with Gasteiger partial charge in [-0.05, 0) is 12.1 Å². The summed E-state index contributed by atoms with van der Waals surface area (Å²) >= 11 is 0. The van der Waals surface area contributed by atoms with Gasteiger partial charge in [-0.1, -0.05) is 17.3 Å². The van der Waals surface area contributed by atoms with E-state index in [4.69, 9.17) is 4.74 Å². The number of hydrogen-bond acceptors (Lipinski definition) is 5. The van der Waals surface area contributed by atoms with Gasteiger partial charge in [-0.2, -0.15) is 18.2 Å². The van der Waals surface area contributed by atoms with Crippen LogP contribution in [0.3, 0.4) is 0 Å². The first-order chi connectivity index (χ1) is 9.40. The highest BCUT2D eigenvalue weighted by molar-refractivity contribution is 5.85. The summed E-state index contributed by atoms with van der Waals surface area (Å²) in [6, 6.07) is 6.60. The predicted octanol–water partition coefficient (Wildman–Crippen LogP) is 2.42. The van der Waals surface area contributed by atoms with Gasteiger partial charge in [-0.3, -0.25) is 4.79 Å². The second-order valence-electron chi connectivity index (χ2n) is 3.84. The second-order valence-corrected chi connectivity index (χ2v) is 3.84. The lowest BCUT2D eigenvalue weighted by Crippen LogP contribution is -2.24. The molecule has 0 aliphatic heterocycles. The molecule has 0 spiro atoms. The molecule has 0 radical (unpaired) electrons. The van der Waals surface area contributed by atoms with E-state index in [0.717, 1.165) is 0 Å². The van der Waals surface area contributed by atoms with Crippen LogP contribution in [0.1, 0.15) is 5.89 Å². The maximum absolute atomic E-state index is 12.1. The summed E-state index contributed by atoms with van der Waals surface area (Å²) < 4.78 is 46.0. The molecular weight excluding hydrogens is 277 g/mol. The summed E-state index contributed by atoms with van der Waals surface area (Å²) in [5.74, 6) is -1.68. The monoisotopic (exact) mass is 286 g/mol. The minimum Gasteiger partial charge on any atom is -0.497 e. The van der Waals surface area contributed by atoms with Crippen LogP contribution in [0.15, 0.2) is 28.8 Å². The van der Waals surface area contributed by atoms with Crippen molar-refractivity contribution in [1.29, 1.82) is 0 Å². The molecule has 2 rings (SSSR count). The molecule has 0 N–H and O–H groups in total. The molecule has 1 aromatic carbocycles. The molecule has 0 aliphatic rings. The van der Waals surface area contributed by atoms with E-state index in [-0.39, 0.29) is 11.7 Å². The van der Waals surface area contributed by atoms with Gasteiger partial charge in [0, 0.05) is 5.56 Å². The summed E-state index contributed by atoms with van der Waals surface area (Å²) in [4.78, 5) is 14.6. The van der Waals surface area contributed by atoms with Crippen molar-refractivity contribution in [2.45, 2.75) is 12.6 Å². The Hall–Kier alpha value is -2.38. The van der Waals surface area contributed by atoms with Crippen molar-refractivity contribution >= 4 is 5.78 Å². The molecule has 0 saturated heterocycles. The van der Waals surface area contributed by atoms with Gasteiger partial charge in [0.05, 0.1) is 13.5 Å². The van der Waals surface area contributed by atoms with Crippen LogP contribution in [-0.2, 0) is 11.2 Å². The molecule has 0 aliphatic carbocycles. The highest BCUT2D eigenvalue weighted by Crippen LogP contribution is 2.22. The summed E-state index contributed by atoms with van der Waals surface area (Å²) in [5, 5.41) is 3.54. The van der Waals surface area contributed by atoms with Gasteiger partial charge in [0.2, 0.25) is 17.5 Å². The molecule has 0 bridgehead atoms. The largest absolute Gasteiger partial charge is 0.497 e. The lowest BCUT2D eigenvalue weighted by atomic mass is 10.2. The number of rotatable bonds is 4. The number of halogens is 3. The van der Waals surface area contributed by atoms with Gasteiger partial charge >= 0.3 is 6.18 Å². The van der Waals surface area contributed by atoms with Crippen molar-refractivity contribution in [2.75, 3.05) is 7.11 Å². The number of benzene rings is 1. The predicted molar refractivity (Wildman–Crippen MR) is 61.1 cm³/mol. The van der Waals surface area contributed by atoms with Gasteiger partial charge in [-0.25, -0.2) is 0 Å². The Balaban J connectivity index is 2.18. The fraction of sp³-hybridized carbons (Fsp3) is 0.250. The molecule has 0 amide bonds. The van der Waals surface area contributed by atoms with Crippen LogP contribution in [0.25, 0.3) is 11.4 Å². The average molecular weight is 286 g/mol. The topological polar surface area (TPSA) is 65.2 Å². The minimum atomic E-state index is -4.91. The summed E-state index contributed by atoms with van der Waals surface area (Å²) in [6.45, 7) is 0. The number of aromatic nitrogens is 2. The van der Waals surface area contributed by atoms with Crippen molar-refractivity contribution in [3.8, 4) is 17.1 Å². The van der Waals surface area contributed by atoms with Gasteiger partial charge in [0.25, 0.3) is 0 Å². The summed E-state index contributed by atoms with van der Waals surface area (Å²) in [6.07, 6.45) is -5.88. The third-order valence-electron chi connectivity index (χ3n) is 2.42. The van der Waals surface area contributed by atoms with Crippen LogP contribution in [-0.4, -0.2) is 29.2 Å². The third-order valence-corrected chi connectivity index (χ3v) is 2.42. The number of alkyl halides is 3. The van der Waals surface area contributed by atoms with Gasteiger partial charge in [0.1, 0.15) is 5.75 Å². The maximum atomic E-state index is 12.1. The zero-order valence-electron chi connectivity index (χ0n) is 10.3. The molecule has 5 nitrogen and oxygen atoms in total. The first kappa shape index (κ1) is 14.0. The van der Waals surface area contributed by atoms with E-state index in [9.17, 15) is 18.0 Å². The van der Waals surface area contributed by atoms with Crippen molar-refractivity contribution in [1.82, 2.24) is 10.1 Å². The fourth-order valence-electron chi connectivity index (χ4n) is 1.44. The summed E-state index contributed by atoms with van der Waals surface area (Å²) in [5.41, 5.74) is 0.513. The van der Waals surface area contributed by atoms with Gasteiger partial charge in [-0.15, -0.1) is 0 Å². The molecule has 8 heteroatoms. The number of methoxy groups -OCH3 is 1. The molecule has 1 aromatic heterocycles. The smallest absolute Gasteiger partial charge is 0.450 e. The van der Waals surface area contributed by atoms with E-state index in [1.54, 1.807) is 24.3 Å². The molecule has 1 heterocycles. The number of carbonyl (C=O) groups is 1. The quantitative estimate of drug-likeness (QED) is 0.863. The van der Waals surface area contributed by atoms with Crippen molar-refractivity contribution in [2.24, 2.45) is 0 Å². The number of ether oxygens (including phenoxy) is 1. The van der Waals surface area contributed by atoms with Gasteiger partial charge < -0.3 is 9.26 Å². The fourth-order valence-corrected chi connectivity index (χ4v) is 1.44. The van der Waals surface area contributed by atoms with Crippen molar-refractivity contribution in [3.63, 3.8) is 0 Å². The van der Waals surface area contributed by atoms with Crippen LogP contribution in [0.4, 0.5) is 13.2 Å². The highest BCUT2D eigenvalue weighted by atomic mass is 19.4. The van der Waals surface area contributed by atoms with E-state index in [1.165, 1.54) is 7.11 Å². The van der Waals surface area contributed by atoms with Crippen LogP contribution in [0.5, 0.6) is 5.75 Å². The molecule has 0 saturated carbocycles. The van der Waals surface area contributed by atoms with Crippen molar-refractivity contribution < 1.29 is 27.2 Å². The first-order valence-electron chi connectivity index (χ1n) is 5.47. The SMILES string of the molecule is COc1cccc(-c2noc(CC(=O)C(F)(F)F)n2)c1. The number of hydrogen-bond donors (Lipinski definition) is 0. The molecule has 0 unspecified atom stereocenters. The molecule has 0 atom stereocenters. The zero-order valence-corrected chi connectivity index (χ0v) is 10.3. The number of ketones is 1. The van der Waals surface area contributed by atoms with E-state index in [0.29, 0.717) is 11.3 Å². The van der Waals surface area contributed by atoms with Crippen molar-refractivity contribution in [3.05, 3.63) is 30.2 Å². The standard InChI is InChI=1S/C12H9F3N2O3/c1-19-8-4-2-3-7(5-8)11-16-10(20-17-11)6-9(18)12(13,14)15/h2-5H,6H2,1H3. The molecule has 20 heavy (non-hydrogen) atoms. The molecular formula is C12H9F3N2O3. The van der Waals surface area contributed by atoms with E-state index >= 15 is 0 Å². The molecule has 0 fully saturated rings. The summed E-state index contributed by atoms with van der Waals surface area (Å²) in [7, 11) is 1.47. The molecule has 2 aromatic rings. The van der Waals surface area contributed by atoms with E-state index < -0.39 is 18.4 Å². The Morgan fingerprint density at radius 2 is 2.15 bits per heavy atom. The van der Waals surface area contributed by atoms with Crippen LogP contribution < -0.4 is 4.74 Å². The Morgan fingerprint density at radius 1 is 1.40 bits per heavy atom. The zero-order chi connectivity index (χ0) is 14.8. The number of nitrogens with zero attached hydrogens (tertiary/aromatic N) is 2. The number of carbonyl (C=O) groups excluding carboxylic acids is 1.